The molecule has 100 valence electrons. The molecule has 1 atom stereocenters. The van der Waals surface area contributed by atoms with E-state index in [9.17, 15) is 0 Å². The maximum atomic E-state index is 6.19. The molecule has 2 rings (SSSR count). The van der Waals surface area contributed by atoms with Crippen LogP contribution >= 0.6 is 34.2 Å². The van der Waals surface area contributed by atoms with Gasteiger partial charge >= 0.3 is 0 Å². The molecule has 2 aromatic rings. The zero-order chi connectivity index (χ0) is 13.7. The highest BCUT2D eigenvalue weighted by Gasteiger charge is 2.12. The van der Waals surface area contributed by atoms with Gasteiger partial charge in [0.25, 0.3) is 0 Å². The molecule has 1 aromatic carbocycles. The number of halogens is 2. The van der Waals surface area contributed by atoms with Gasteiger partial charge in [0.2, 0.25) is 0 Å². The van der Waals surface area contributed by atoms with Crippen LogP contribution in [-0.2, 0) is 6.42 Å². The second-order valence-electron chi connectivity index (χ2n) is 4.33. The maximum absolute atomic E-state index is 6.19. The lowest BCUT2D eigenvalue weighted by atomic mass is 9.99. The average Bonchev–Trinajstić information content (AvgIpc) is 2.42. The van der Waals surface area contributed by atoms with Crippen LogP contribution in [-0.4, -0.2) is 11.5 Å². The second-order valence-corrected chi connectivity index (χ2v) is 5.99. The summed E-state index contributed by atoms with van der Waals surface area (Å²) in [6.45, 7) is 3.05. The van der Waals surface area contributed by atoms with Crippen molar-refractivity contribution in [3.63, 3.8) is 0 Å². The SMILES string of the molecule is CCNC(Cc1ccncc1Cl)c1ccc(I)cc1. The Labute approximate surface area is 132 Å². The number of hydrogen-bond donors (Lipinski definition) is 1. The summed E-state index contributed by atoms with van der Waals surface area (Å²) in [5, 5.41) is 4.24. The smallest absolute Gasteiger partial charge is 0.0622 e. The molecule has 0 radical (unpaired) electrons. The first-order chi connectivity index (χ1) is 9.20. The van der Waals surface area contributed by atoms with Gasteiger partial charge in [0, 0.05) is 22.0 Å². The van der Waals surface area contributed by atoms with Crippen LogP contribution in [0.25, 0.3) is 0 Å². The van der Waals surface area contributed by atoms with Crippen LogP contribution in [0.1, 0.15) is 24.1 Å². The summed E-state index contributed by atoms with van der Waals surface area (Å²) in [7, 11) is 0. The third-order valence-electron chi connectivity index (χ3n) is 3.00. The summed E-state index contributed by atoms with van der Waals surface area (Å²) in [6.07, 6.45) is 4.36. The highest BCUT2D eigenvalue weighted by molar-refractivity contribution is 14.1. The van der Waals surface area contributed by atoms with Crippen LogP contribution in [0.2, 0.25) is 5.02 Å². The van der Waals surface area contributed by atoms with Gasteiger partial charge in [-0.1, -0.05) is 30.7 Å². The van der Waals surface area contributed by atoms with E-state index in [0.717, 1.165) is 23.6 Å². The minimum absolute atomic E-state index is 0.280. The molecule has 1 heterocycles. The van der Waals surface area contributed by atoms with Crippen LogP contribution in [0.3, 0.4) is 0 Å². The molecule has 0 saturated heterocycles. The maximum Gasteiger partial charge on any atom is 0.0622 e. The molecular weight excluding hydrogens is 371 g/mol. The Morgan fingerprint density at radius 2 is 2.00 bits per heavy atom. The summed E-state index contributed by atoms with van der Waals surface area (Å²) in [5.41, 5.74) is 2.41. The van der Waals surface area contributed by atoms with Crippen LogP contribution in [0.15, 0.2) is 42.7 Å². The average molecular weight is 387 g/mol. The molecule has 0 saturated carbocycles. The van der Waals surface area contributed by atoms with Crippen molar-refractivity contribution in [2.24, 2.45) is 0 Å². The number of pyridine rings is 1. The molecule has 0 aliphatic heterocycles. The fraction of sp³-hybridized carbons (Fsp3) is 0.267. The molecule has 2 nitrogen and oxygen atoms in total. The summed E-state index contributed by atoms with van der Waals surface area (Å²) in [6, 6.07) is 10.9. The van der Waals surface area contributed by atoms with Crippen LogP contribution in [0.4, 0.5) is 0 Å². The predicted octanol–water partition coefficient (Wildman–Crippen LogP) is 4.23. The third-order valence-corrected chi connectivity index (χ3v) is 4.06. The van der Waals surface area contributed by atoms with Crippen molar-refractivity contribution in [3.05, 3.63) is 62.4 Å². The number of hydrogen-bond acceptors (Lipinski definition) is 2. The Balaban J connectivity index is 2.21. The molecule has 19 heavy (non-hydrogen) atoms. The van der Waals surface area contributed by atoms with Crippen molar-refractivity contribution in [2.45, 2.75) is 19.4 Å². The van der Waals surface area contributed by atoms with Gasteiger partial charge in [-0.3, -0.25) is 4.98 Å². The fourth-order valence-corrected chi connectivity index (χ4v) is 2.59. The third kappa shape index (κ3) is 4.16. The Hall–Kier alpha value is -0.650. The first-order valence-corrected chi connectivity index (χ1v) is 7.73. The van der Waals surface area contributed by atoms with Gasteiger partial charge in [0.05, 0.1) is 5.02 Å². The van der Waals surface area contributed by atoms with E-state index in [2.05, 4.69) is 64.1 Å². The lowest BCUT2D eigenvalue weighted by Gasteiger charge is -2.19. The molecule has 0 fully saturated rings. The molecule has 1 N–H and O–H groups in total. The second kappa shape index (κ2) is 7.22. The zero-order valence-electron chi connectivity index (χ0n) is 10.7. The van der Waals surface area contributed by atoms with Gasteiger partial charge in [-0.15, -0.1) is 0 Å². The minimum atomic E-state index is 0.280. The van der Waals surface area contributed by atoms with Gasteiger partial charge in [-0.25, -0.2) is 0 Å². The van der Waals surface area contributed by atoms with Crippen molar-refractivity contribution in [2.75, 3.05) is 6.54 Å². The Kier molecular flexibility index (Phi) is 5.60. The first-order valence-electron chi connectivity index (χ1n) is 6.28. The molecule has 0 aliphatic carbocycles. The molecular formula is C15H16ClIN2. The van der Waals surface area contributed by atoms with Crippen molar-refractivity contribution >= 4 is 34.2 Å². The standard InChI is InChI=1S/C15H16ClIN2/c1-2-19-15(11-3-5-13(17)6-4-11)9-12-7-8-18-10-14(12)16/h3-8,10,15,19H,2,9H2,1H3. The van der Waals surface area contributed by atoms with E-state index in [-0.39, 0.29) is 6.04 Å². The number of nitrogens with one attached hydrogen (secondary N) is 1. The number of benzene rings is 1. The van der Waals surface area contributed by atoms with E-state index in [4.69, 9.17) is 11.6 Å². The van der Waals surface area contributed by atoms with Crippen molar-refractivity contribution < 1.29 is 0 Å². The van der Waals surface area contributed by atoms with E-state index < -0.39 is 0 Å². The van der Waals surface area contributed by atoms with Gasteiger partial charge in [-0.2, -0.15) is 0 Å². The highest BCUT2D eigenvalue weighted by atomic mass is 127. The Bertz CT molecular complexity index is 528. The lowest BCUT2D eigenvalue weighted by molar-refractivity contribution is 0.549. The largest absolute Gasteiger partial charge is 0.310 e. The van der Waals surface area contributed by atoms with Gasteiger partial charge in [0.15, 0.2) is 0 Å². The van der Waals surface area contributed by atoms with Crippen LogP contribution < -0.4 is 5.32 Å². The molecule has 1 unspecified atom stereocenters. The highest BCUT2D eigenvalue weighted by Crippen LogP contribution is 2.23. The predicted molar refractivity (Wildman–Crippen MR) is 88.5 cm³/mol. The fourth-order valence-electron chi connectivity index (χ4n) is 2.04. The minimum Gasteiger partial charge on any atom is -0.310 e. The van der Waals surface area contributed by atoms with Crippen molar-refractivity contribution in [1.82, 2.24) is 10.3 Å². The molecule has 0 amide bonds. The lowest BCUT2D eigenvalue weighted by Crippen LogP contribution is -2.23. The number of likely N-dealkylation sites (N-methyl/N-ethyl adjacent to an activating group) is 1. The van der Waals surface area contributed by atoms with Crippen LogP contribution in [0.5, 0.6) is 0 Å². The van der Waals surface area contributed by atoms with E-state index in [0.29, 0.717) is 0 Å². The van der Waals surface area contributed by atoms with Crippen LogP contribution in [0, 0.1) is 3.57 Å². The number of nitrogens with zero attached hydrogens (tertiary/aromatic N) is 1. The topological polar surface area (TPSA) is 24.9 Å². The van der Waals surface area contributed by atoms with E-state index in [1.165, 1.54) is 9.13 Å². The van der Waals surface area contributed by atoms with Gasteiger partial charge < -0.3 is 5.32 Å². The van der Waals surface area contributed by atoms with E-state index in [1.54, 1.807) is 12.4 Å². The summed E-state index contributed by atoms with van der Waals surface area (Å²) in [5.74, 6) is 0. The first kappa shape index (κ1) is 14.8. The molecule has 0 bridgehead atoms. The Morgan fingerprint density at radius 3 is 2.63 bits per heavy atom. The summed E-state index contributed by atoms with van der Waals surface area (Å²) in [4.78, 5) is 4.03. The molecule has 0 spiro atoms. The van der Waals surface area contributed by atoms with Gasteiger partial charge in [-0.05, 0) is 64.9 Å². The van der Waals surface area contributed by atoms with E-state index >= 15 is 0 Å². The van der Waals surface area contributed by atoms with Crippen molar-refractivity contribution in [3.8, 4) is 0 Å². The quantitative estimate of drug-likeness (QED) is 0.778. The van der Waals surface area contributed by atoms with Crippen molar-refractivity contribution in [1.29, 1.82) is 0 Å². The molecule has 1 aromatic heterocycles. The summed E-state index contributed by atoms with van der Waals surface area (Å²) < 4.78 is 1.25. The van der Waals surface area contributed by atoms with E-state index in [1.807, 2.05) is 6.07 Å². The monoisotopic (exact) mass is 386 g/mol. The molecule has 0 aliphatic rings. The summed E-state index contributed by atoms with van der Waals surface area (Å²) >= 11 is 8.51. The molecule has 4 heteroatoms. The number of rotatable bonds is 5. The number of aromatic nitrogens is 1. The normalized spacial score (nSPS) is 12.4. The Morgan fingerprint density at radius 1 is 1.26 bits per heavy atom. The van der Waals surface area contributed by atoms with Gasteiger partial charge in [0.1, 0.15) is 0 Å². The zero-order valence-corrected chi connectivity index (χ0v) is 13.6.